The third-order valence-corrected chi connectivity index (χ3v) is 3.09. The molecular weight excluding hydrogens is 273 g/mol. The zero-order valence-corrected chi connectivity index (χ0v) is 11.5. The Morgan fingerprint density at radius 3 is 2.52 bits per heavy atom. The van der Waals surface area contributed by atoms with Crippen molar-refractivity contribution in [2.75, 3.05) is 5.32 Å². The second-order valence-electron chi connectivity index (χ2n) is 4.92. The van der Waals surface area contributed by atoms with E-state index in [-0.39, 0.29) is 23.0 Å². The first-order chi connectivity index (χ1) is 9.95. The zero-order chi connectivity index (χ0) is 15.4. The summed E-state index contributed by atoms with van der Waals surface area (Å²) in [6.45, 7) is 1.87. The molecule has 5 heteroatoms. The lowest BCUT2D eigenvalue weighted by Crippen LogP contribution is -2.19. The third-order valence-electron chi connectivity index (χ3n) is 3.09. The van der Waals surface area contributed by atoms with Crippen molar-refractivity contribution in [3.63, 3.8) is 0 Å². The molecule has 2 aromatic carbocycles. The van der Waals surface area contributed by atoms with Gasteiger partial charge in [0.25, 0.3) is 0 Å². The van der Waals surface area contributed by atoms with Crippen LogP contribution in [-0.4, -0.2) is 22.2 Å². The smallest absolute Gasteiger partial charge is 0.335 e. The predicted octanol–water partition coefficient (Wildman–Crippen LogP) is 3.27. The summed E-state index contributed by atoms with van der Waals surface area (Å²) in [7, 11) is 0. The van der Waals surface area contributed by atoms with E-state index in [0.29, 0.717) is 6.42 Å². The number of hydrogen-bond donors (Lipinski definition) is 3. The Kier molecular flexibility index (Phi) is 4.42. The van der Waals surface area contributed by atoms with E-state index in [1.165, 1.54) is 12.1 Å². The molecule has 110 valence electrons. The molecule has 4 nitrogen and oxygen atoms in total. The molecule has 0 aliphatic rings. The molecule has 0 saturated carbocycles. The lowest BCUT2D eigenvalue weighted by molar-refractivity contribution is 0.0697. The second kappa shape index (κ2) is 6.26. The van der Waals surface area contributed by atoms with Gasteiger partial charge in [0.2, 0.25) is 0 Å². The maximum atomic E-state index is 13.7. The fraction of sp³-hybridized carbons (Fsp3) is 0.188. The summed E-state index contributed by atoms with van der Waals surface area (Å²) in [5.41, 5.74) is 1.19. The van der Waals surface area contributed by atoms with Crippen LogP contribution >= 0.6 is 0 Å². The molecule has 2 aromatic rings. The van der Waals surface area contributed by atoms with Gasteiger partial charge in [0, 0.05) is 6.04 Å². The second-order valence-corrected chi connectivity index (χ2v) is 4.92. The Bertz CT molecular complexity index is 640. The number of benzene rings is 2. The molecule has 0 heterocycles. The van der Waals surface area contributed by atoms with E-state index in [0.717, 1.165) is 11.6 Å². The van der Waals surface area contributed by atoms with Crippen LogP contribution in [-0.2, 0) is 6.42 Å². The number of carboxylic acid groups (broad SMARTS) is 1. The summed E-state index contributed by atoms with van der Waals surface area (Å²) in [5, 5.41) is 21.1. The molecule has 0 radical (unpaired) electrons. The van der Waals surface area contributed by atoms with Crippen LogP contribution in [0.1, 0.15) is 22.8 Å². The van der Waals surface area contributed by atoms with Crippen LogP contribution in [0.25, 0.3) is 0 Å². The van der Waals surface area contributed by atoms with Gasteiger partial charge in [-0.1, -0.05) is 12.1 Å². The highest BCUT2D eigenvalue weighted by molar-refractivity contribution is 5.88. The van der Waals surface area contributed by atoms with E-state index in [4.69, 9.17) is 5.11 Å². The lowest BCUT2D eigenvalue weighted by Gasteiger charge is -2.16. The molecule has 0 spiro atoms. The van der Waals surface area contributed by atoms with Crippen LogP contribution in [0.2, 0.25) is 0 Å². The molecule has 0 fully saturated rings. The predicted molar refractivity (Wildman–Crippen MR) is 78.3 cm³/mol. The van der Waals surface area contributed by atoms with Gasteiger partial charge in [-0.05, 0) is 49.2 Å². The number of nitrogens with one attached hydrogen (secondary N) is 1. The lowest BCUT2D eigenvalue weighted by atomic mass is 10.1. The monoisotopic (exact) mass is 289 g/mol. The van der Waals surface area contributed by atoms with E-state index in [9.17, 15) is 14.3 Å². The minimum absolute atomic E-state index is 0.0377. The topological polar surface area (TPSA) is 69.6 Å². The number of halogens is 1. The minimum atomic E-state index is -1.09. The average Bonchev–Trinajstić information content (AvgIpc) is 2.43. The quantitative estimate of drug-likeness (QED) is 0.790. The number of hydrogen-bond acceptors (Lipinski definition) is 3. The van der Waals surface area contributed by atoms with Gasteiger partial charge >= 0.3 is 5.97 Å². The largest absolute Gasteiger partial charge is 0.508 e. The fourth-order valence-corrected chi connectivity index (χ4v) is 2.07. The average molecular weight is 289 g/mol. The van der Waals surface area contributed by atoms with Crippen LogP contribution in [0.5, 0.6) is 5.75 Å². The summed E-state index contributed by atoms with van der Waals surface area (Å²) < 4.78 is 13.7. The highest BCUT2D eigenvalue weighted by Crippen LogP contribution is 2.19. The number of phenolic OH excluding ortho intramolecular Hbond substituents is 1. The molecule has 0 aliphatic heterocycles. The first kappa shape index (κ1) is 14.8. The highest BCUT2D eigenvalue weighted by atomic mass is 19.1. The number of carbonyl (C=O) groups is 1. The molecule has 0 bridgehead atoms. The van der Waals surface area contributed by atoms with E-state index in [1.807, 2.05) is 6.92 Å². The highest BCUT2D eigenvalue weighted by Gasteiger charge is 2.11. The van der Waals surface area contributed by atoms with Crippen LogP contribution in [0, 0.1) is 5.82 Å². The molecule has 0 amide bonds. The zero-order valence-electron chi connectivity index (χ0n) is 11.5. The Labute approximate surface area is 121 Å². The number of aromatic carboxylic acids is 1. The van der Waals surface area contributed by atoms with Crippen LogP contribution in [0.15, 0.2) is 42.5 Å². The van der Waals surface area contributed by atoms with E-state index >= 15 is 0 Å². The molecule has 1 atom stereocenters. The number of anilines is 1. The summed E-state index contributed by atoms with van der Waals surface area (Å²) in [5.74, 6) is -1.39. The molecule has 0 aliphatic carbocycles. The summed E-state index contributed by atoms with van der Waals surface area (Å²) in [6.07, 6.45) is 0.622. The van der Waals surface area contributed by atoms with Crippen molar-refractivity contribution in [3.05, 3.63) is 59.4 Å². The normalized spacial score (nSPS) is 11.9. The van der Waals surface area contributed by atoms with Crippen molar-refractivity contribution in [3.8, 4) is 5.75 Å². The standard InChI is InChI=1S/C16H16FNO3/c1-10(8-11-2-5-13(19)6-3-11)18-15-9-12(16(20)21)4-7-14(15)17/h2-7,9-10,18-19H,8H2,1H3,(H,20,21). The van der Waals surface area contributed by atoms with Crippen molar-refractivity contribution in [1.82, 2.24) is 0 Å². The van der Waals surface area contributed by atoms with Gasteiger partial charge in [-0.3, -0.25) is 0 Å². The Morgan fingerprint density at radius 1 is 1.24 bits per heavy atom. The molecule has 0 aromatic heterocycles. The summed E-state index contributed by atoms with van der Waals surface area (Å²) >= 11 is 0. The van der Waals surface area contributed by atoms with Crippen LogP contribution < -0.4 is 5.32 Å². The van der Waals surface area contributed by atoms with Crippen molar-refractivity contribution in [1.29, 1.82) is 0 Å². The molecule has 2 rings (SSSR count). The fourth-order valence-electron chi connectivity index (χ4n) is 2.07. The maximum Gasteiger partial charge on any atom is 0.335 e. The summed E-state index contributed by atoms with van der Waals surface area (Å²) in [6, 6.07) is 10.3. The van der Waals surface area contributed by atoms with Crippen LogP contribution in [0.4, 0.5) is 10.1 Å². The molecular formula is C16H16FNO3. The summed E-state index contributed by atoms with van der Waals surface area (Å²) in [4.78, 5) is 10.9. The molecule has 3 N–H and O–H groups in total. The Morgan fingerprint density at radius 2 is 1.90 bits per heavy atom. The van der Waals surface area contributed by atoms with E-state index in [2.05, 4.69) is 5.32 Å². The van der Waals surface area contributed by atoms with Gasteiger partial charge in [-0.25, -0.2) is 9.18 Å². The number of rotatable bonds is 5. The van der Waals surface area contributed by atoms with Crippen molar-refractivity contribution in [2.45, 2.75) is 19.4 Å². The van der Waals surface area contributed by atoms with Gasteiger partial charge in [-0.2, -0.15) is 0 Å². The number of phenols is 1. The minimum Gasteiger partial charge on any atom is -0.508 e. The van der Waals surface area contributed by atoms with Crippen molar-refractivity contribution < 1.29 is 19.4 Å². The number of carboxylic acids is 1. The molecule has 1 unspecified atom stereocenters. The van der Waals surface area contributed by atoms with Gasteiger partial charge in [0.05, 0.1) is 11.3 Å². The first-order valence-corrected chi connectivity index (χ1v) is 6.53. The van der Waals surface area contributed by atoms with Crippen molar-refractivity contribution >= 4 is 11.7 Å². The van der Waals surface area contributed by atoms with E-state index < -0.39 is 11.8 Å². The SMILES string of the molecule is CC(Cc1ccc(O)cc1)Nc1cc(C(=O)O)ccc1F. The van der Waals surface area contributed by atoms with Crippen molar-refractivity contribution in [2.24, 2.45) is 0 Å². The molecule has 0 saturated heterocycles. The number of aromatic hydroxyl groups is 1. The Balaban J connectivity index is 2.08. The van der Waals surface area contributed by atoms with Gasteiger partial charge < -0.3 is 15.5 Å². The first-order valence-electron chi connectivity index (χ1n) is 6.53. The molecule has 21 heavy (non-hydrogen) atoms. The van der Waals surface area contributed by atoms with E-state index in [1.54, 1.807) is 24.3 Å². The maximum absolute atomic E-state index is 13.7. The van der Waals surface area contributed by atoms with Gasteiger partial charge in [0.1, 0.15) is 11.6 Å². The van der Waals surface area contributed by atoms with Gasteiger partial charge in [0.15, 0.2) is 0 Å². The van der Waals surface area contributed by atoms with Crippen LogP contribution in [0.3, 0.4) is 0 Å². The van der Waals surface area contributed by atoms with Gasteiger partial charge in [-0.15, -0.1) is 0 Å². The third kappa shape index (κ3) is 3.95. The Hall–Kier alpha value is -2.56.